The lowest BCUT2D eigenvalue weighted by atomic mass is 10.3. The minimum atomic E-state index is -0.0933. The van der Waals surface area contributed by atoms with Crippen LogP contribution >= 0.6 is 11.8 Å². The summed E-state index contributed by atoms with van der Waals surface area (Å²) in [6.07, 6.45) is 3.16. The van der Waals surface area contributed by atoms with Crippen molar-refractivity contribution in [1.29, 1.82) is 0 Å². The zero-order valence-electron chi connectivity index (χ0n) is 7.97. The van der Waals surface area contributed by atoms with E-state index in [1.165, 1.54) is 0 Å². The maximum absolute atomic E-state index is 5.69. The molecule has 1 rings (SSSR count). The fourth-order valence-electron chi connectivity index (χ4n) is 1.06. The van der Waals surface area contributed by atoms with Crippen LogP contribution in [0.2, 0.25) is 0 Å². The van der Waals surface area contributed by atoms with Crippen LogP contribution < -0.4 is 5.73 Å². The van der Waals surface area contributed by atoms with Crippen molar-refractivity contribution in [3.63, 3.8) is 0 Å². The lowest BCUT2D eigenvalue weighted by Crippen LogP contribution is -2.14. The summed E-state index contributed by atoms with van der Waals surface area (Å²) in [5, 5.41) is 11.3. The van der Waals surface area contributed by atoms with Crippen LogP contribution in [0, 0.1) is 0 Å². The van der Waals surface area contributed by atoms with E-state index in [9.17, 15) is 0 Å². The molecule has 1 heterocycles. The summed E-state index contributed by atoms with van der Waals surface area (Å²) in [6.45, 7) is 2.74. The third-order valence-corrected chi connectivity index (χ3v) is 2.38. The van der Waals surface area contributed by atoms with Gasteiger partial charge in [0.1, 0.15) is 0 Å². The highest BCUT2D eigenvalue weighted by Gasteiger charge is 2.09. The molecular formula is C7H15N5S. The molecule has 0 aliphatic rings. The highest BCUT2D eigenvalue weighted by molar-refractivity contribution is 7.98. The fourth-order valence-corrected chi connectivity index (χ4v) is 1.47. The van der Waals surface area contributed by atoms with Gasteiger partial charge in [-0.3, -0.25) is 0 Å². The summed E-state index contributed by atoms with van der Waals surface area (Å²) in [5.74, 6) is 1.89. The minimum absolute atomic E-state index is 0.0933. The fraction of sp³-hybridized carbons (Fsp3) is 0.857. The van der Waals surface area contributed by atoms with Crippen LogP contribution in [-0.2, 0) is 6.54 Å². The predicted octanol–water partition coefficient (Wildman–Crippen LogP) is 0.446. The van der Waals surface area contributed by atoms with Gasteiger partial charge >= 0.3 is 0 Å². The van der Waals surface area contributed by atoms with Gasteiger partial charge in [-0.15, -0.1) is 5.10 Å². The molecule has 5 nitrogen and oxygen atoms in total. The first kappa shape index (κ1) is 10.5. The quantitative estimate of drug-likeness (QED) is 0.700. The molecule has 1 aromatic rings. The average Bonchev–Trinajstić information content (AvgIpc) is 2.53. The highest BCUT2D eigenvalue weighted by atomic mass is 32.2. The smallest absolute Gasteiger partial charge is 0.167 e. The SMILES string of the molecule is CSCCCn1nnnc1C(C)N. The normalized spacial score (nSPS) is 13.2. The Bertz CT molecular complexity index is 247. The lowest BCUT2D eigenvalue weighted by molar-refractivity contribution is 0.538. The van der Waals surface area contributed by atoms with E-state index in [4.69, 9.17) is 5.73 Å². The van der Waals surface area contributed by atoms with E-state index in [-0.39, 0.29) is 6.04 Å². The molecule has 0 fully saturated rings. The summed E-state index contributed by atoms with van der Waals surface area (Å²) in [4.78, 5) is 0. The summed E-state index contributed by atoms with van der Waals surface area (Å²) < 4.78 is 1.78. The van der Waals surface area contributed by atoms with Gasteiger partial charge in [0.15, 0.2) is 5.82 Å². The molecule has 0 spiro atoms. The summed E-state index contributed by atoms with van der Waals surface area (Å²) in [5.41, 5.74) is 5.69. The molecule has 74 valence electrons. The van der Waals surface area contributed by atoms with Crippen molar-refractivity contribution >= 4 is 11.8 Å². The van der Waals surface area contributed by atoms with E-state index < -0.39 is 0 Å². The maximum Gasteiger partial charge on any atom is 0.167 e. The Labute approximate surface area is 82.1 Å². The Kier molecular flexibility index (Phi) is 4.17. The molecule has 1 aromatic heterocycles. The molecule has 2 N–H and O–H groups in total. The first-order valence-electron chi connectivity index (χ1n) is 4.26. The molecule has 0 aromatic carbocycles. The molecule has 0 saturated carbocycles. The second-order valence-corrected chi connectivity index (χ2v) is 3.88. The molecule has 0 aliphatic carbocycles. The Morgan fingerprint density at radius 1 is 1.62 bits per heavy atom. The average molecular weight is 201 g/mol. The molecule has 1 atom stereocenters. The van der Waals surface area contributed by atoms with Gasteiger partial charge in [-0.2, -0.15) is 11.8 Å². The third-order valence-electron chi connectivity index (χ3n) is 1.69. The minimum Gasteiger partial charge on any atom is -0.322 e. The van der Waals surface area contributed by atoms with Crippen molar-refractivity contribution in [3.05, 3.63) is 5.82 Å². The number of aryl methyl sites for hydroxylation is 1. The van der Waals surface area contributed by atoms with Gasteiger partial charge in [-0.1, -0.05) is 0 Å². The van der Waals surface area contributed by atoms with Crippen LogP contribution in [-0.4, -0.2) is 32.2 Å². The number of aromatic nitrogens is 4. The molecular weight excluding hydrogens is 186 g/mol. The molecule has 0 radical (unpaired) electrons. The zero-order valence-corrected chi connectivity index (χ0v) is 8.79. The van der Waals surface area contributed by atoms with E-state index >= 15 is 0 Å². The van der Waals surface area contributed by atoms with Gasteiger partial charge < -0.3 is 5.73 Å². The number of nitrogens with two attached hydrogens (primary N) is 1. The molecule has 1 unspecified atom stereocenters. The van der Waals surface area contributed by atoms with E-state index in [1.54, 1.807) is 4.68 Å². The van der Waals surface area contributed by atoms with Crippen molar-refractivity contribution in [2.45, 2.75) is 25.9 Å². The molecule has 0 saturated heterocycles. The number of tetrazole rings is 1. The second kappa shape index (κ2) is 5.18. The predicted molar refractivity (Wildman–Crippen MR) is 53.4 cm³/mol. The van der Waals surface area contributed by atoms with Crippen molar-refractivity contribution in [1.82, 2.24) is 20.2 Å². The third kappa shape index (κ3) is 2.96. The number of thioether (sulfide) groups is 1. The lowest BCUT2D eigenvalue weighted by Gasteiger charge is -2.05. The van der Waals surface area contributed by atoms with Gasteiger partial charge in [0.25, 0.3) is 0 Å². The molecule has 0 bridgehead atoms. The molecule has 0 aliphatic heterocycles. The Morgan fingerprint density at radius 2 is 2.38 bits per heavy atom. The van der Waals surface area contributed by atoms with Gasteiger partial charge in [0, 0.05) is 6.54 Å². The van der Waals surface area contributed by atoms with Gasteiger partial charge in [0.05, 0.1) is 6.04 Å². The Balaban J connectivity index is 2.50. The molecule has 6 heteroatoms. The van der Waals surface area contributed by atoms with Crippen LogP contribution in [0.4, 0.5) is 0 Å². The van der Waals surface area contributed by atoms with Crippen LogP contribution in [0.15, 0.2) is 0 Å². The number of hydrogen-bond donors (Lipinski definition) is 1. The first-order valence-corrected chi connectivity index (χ1v) is 5.65. The number of hydrogen-bond acceptors (Lipinski definition) is 5. The standard InChI is InChI=1S/C7H15N5S/c1-6(8)7-9-10-11-12(7)4-3-5-13-2/h6H,3-5,8H2,1-2H3. The van der Waals surface area contributed by atoms with Gasteiger partial charge in [0.2, 0.25) is 0 Å². The Morgan fingerprint density at radius 3 is 3.00 bits per heavy atom. The summed E-state index contributed by atoms with van der Waals surface area (Å²) in [6, 6.07) is -0.0933. The van der Waals surface area contributed by atoms with Crippen molar-refractivity contribution in [2.24, 2.45) is 5.73 Å². The molecule has 13 heavy (non-hydrogen) atoms. The van der Waals surface area contributed by atoms with E-state index in [0.717, 1.165) is 24.5 Å². The topological polar surface area (TPSA) is 69.6 Å². The highest BCUT2D eigenvalue weighted by Crippen LogP contribution is 2.05. The largest absolute Gasteiger partial charge is 0.322 e. The monoisotopic (exact) mass is 201 g/mol. The molecule has 0 amide bonds. The van der Waals surface area contributed by atoms with Crippen molar-refractivity contribution < 1.29 is 0 Å². The summed E-state index contributed by atoms with van der Waals surface area (Å²) in [7, 11) is 0. The van der Waals surface area contributed by atoms with Crippen LogP contribution in [0.1, 0.15) is 25.2 Å². The maximum atomic E-state index is 5.69. The van der Waals surface area contributed by atoms with Crippen LogP contribution in [0.3, 0.4) is 0 Å². The van der Waals surface area contributed by atoms with E-state index in [1.807, 2.05) is 18.7 Å². The van der Waals surface area contributed by atoms with Crippen molar-refractivity contribution in [3.8, 4) is 0 Å². The second-order valence-electron chi connectivity index (χ2n) is 2.90. The van der Waals surface area contributed by atoms with Gasteiger partial charge in [-0.25, -0.2) is 4.68 Å². The van der Waals surface area contributed by atoms with Crippen LogP contribution in [0.25, 0.3) is 0 Å². The Hall–Kier alpha value is -0.620. The van der Waals surface area contributed by atoms with Crippen LogP contribution in [0.5, 0.6) is 0 Å². The van der Waals surface area contributed by atoms with E-state index in [2.05, 4.69) is 21.8 Å². The van der Waals surface area contributed by atoms with Gasteiger partial charge in [-0.05, 0) is 35.8 Å². The summed E-state index contributed by atoms with van der Waals surface area (Å²) >= 11 is 1.82. The first-order chi connectivity index (χ1) is 6.25. The van der Waals surface area contributed by atoms with E-state index in [0.29, 0.717) is 0 Å². The van der Waals surface area contributed by atoms with Crippen molar-refractivity contribution in [2.75, 3.05) is 12.0 Å². The number of nitrogens with zero attached hydrogens (tertiary/aromatic N) is 4. The zero-order chi connectivity index (χ0) is 9.68. The number of rotatable bonds is 5.